The van der Waals surface area contributed by atoms with E-state index in [-0.39, 0.29) is 11.7 Å². The molecule has 6 heteroatoms. The van der Waals surface area contributed by atoms with Gasteiger partial charge in [-0.2, -0.15) is 0 Å². The number of nitrogens with one attached hydrogen (secondary N) is 2. The fourth-order valence-electron chi connectivity index (χ4n) is 2.89. The van der Waals surface area contributed by atoms with E-state index in [1.54, 1.807) is 18.3 Å². The van der Waals surface area contributed by atoms with Crippen molar-refractivity contribution in [3.8, 4) is 22.4 Å². The van der Waals surface area contributed by atoms with Crippen molar-refractivity contribution in [3.05, 3.63) is 64.7 Å². The van der Waals surface area contributed by atoms with Crippen molar-refractivity contribution in [1.82, 2.24) is 15.3 Å². The van der Waals surface area contributed by atoms with E-state index in [0.717, 1.165) is 39.8 Å². The van der Waals surface area contributed by atoms with Crippen molar-refractivity contribution in [2.24, 2.45) is 0 Å². The summed E-state index contributed by atoms with van der Waals surface area (Å²) in [4.78, 5) is 20.6. The van der Waals surface area contributed by atoms with Gasteiger partial charge in [0.15, 0.2) is 0 Å². The number of halogens is 1. The number of pyridine rings is 1. The molecule has 0 aliphatic carbocycles. The van der Waals surface area contributed by atoms with E-state index in [9.17, 15) is 9.18 Å². The predicted molar refractivity (Wildman–Crippen MR) is 107 cm³/mol. The number of rotatable bonds is 5. The Hall–Kier alpha value is -2.99. The van der Waals surface area contributed by atoms with Gasteiger partial charge < -0.3 is 10.3 Å². The fourth-order valence-corrected chi connectivity index (χ4v) is 3.72. The molecule has 2 N–H and O–H groups in total. The molecule has 0 radical (unpaired) electrons. The molecule has 0 aliphatic heterocycles. The monoisotopic (exact) mass is 379 g/mol. The Kier molecular flexibility index (Phi) is 4.73. The van der Waals surface area contributed by atoms with Crippen LogP contribution in [0.25, 0.3) is 33.4 Å². The molecular formula is C21H18FN3OS. The molecule has 0 saturated heterocycles. The lowest BCUT2D eigenvalue weighted by Gasteiger charge is -2.00. The highest BCUT2D eigenvalue weighted by Crippen LogP contribution is 2.29. The summed E-state index contributed by atoms with van der Waals surface area (Å²) < 4.78 is 13.1. The number of hydrogen-bond donors (Lipinski definition) is 2. The van der Waals surface area contributed by atoms with Gasteiger partial charge in [-0.05, 0) is 65.4 Å². The van der Waals surface area contributed by atoms with Gasteiger partial charge >= 0.3 is 0 Å². The Morgan fingerprint density at radius 3 is 2.74 bits per heavy atom. The van der Waals surface area contributed by atoms with Crippen LogP contribution in [0.5, 0.6) is 0 Å². The molecule has 3 aromatic heterocycles. The minimum atomic E-state index is -0.258. The highest BCUT2D eigenvalue weighted by atomic mass is 32.1. The number of aromatic nitrogens is 2. The fraction of sp³-hybridized carbons (Fsp3) is 0.143. The van der Waals surface area contributed by atoms with Crippen molar-refractivity contribution < 1.29 is 9.18 Å². The zero-order valence-corrected chi connectivity index (χ0v) is 15.6. The Morgan fingerprint density at radius 2 is 1.96 bits per heavy atom. The standard InChI is InChI=1S/C21H18FN3OS/c1-2-7-23-21(26)19-10-16(12-27-19)15-8-14-9-18(25-20(14)24-11-15)13-3-5-17(22)6-4-13/h3-6,8-12H,2,7H2,1H3,(H,23,26)(H,24,25). The Morgan fingerprint density at radius 1 is 1.15 bits per heavy atom. The maximum atomic E-state index is 13.1. The summed E-state index contributed by atoms with van der Waals surface area (Å²) in [5.74, 6) is -0.297. The number of H-pyrrole nitrogens is 1. The van der Waals surface area contributed by atoms with Crippen LogP contribution in [-0.2, 0) is 0 Å². The first-order chi connectivity index (χ1) is 13.1. The number of carbonyl (C=O) groups is 1. The molecular weight excluding hydrogens is 361 g/mol. The number of aromatic amines is 1. The van der Waals surface area contributed by atoms with Crippen molar-refractivity contribution in [2.45, 2.75) is 13.3 Å². The Bertz CT molecular complexity index is 1100. The van der Waals surface area contributed by atoms with Gasteiger partial charge in [-0.15, -0.1) is 11.3 Å². The summed E-state index contributed by atoms with van der Waals surface area (Å²) in [5.41, 5.74) is 4.49. The number of thiophene rings is 1. The van der Waals surface area contributed by atoms with Crippen molar-refractivity contribution in [1.29, 1.82) is 0 Å². The zero-order valence-electron chi connectivity index (χ0n) is 14.8. The van der Waals surface area contributed by atoms with E-state index in [1.165, 1.54) is 23.5 Å². The van der Waals surface area contributed by atoms with Crippen molar-refractivity contribution >= 4 is 28.3 Å². The van der Waals surface area contributed by atoms with Crippen LogP contribution in [0.1, 0.15) is 23.0 Å². The second kappa shape index (κ2) is 7.32. The smallest absolute Gasteiger partial charge is 0.261 e. The first-order valence-electron chi connectivity index (χ1n) is 8.76. The number of nitrogens with zero attached hydrogens (tertiary/aromatic N) is 1. The minimum absolute atomic E-state index is 0.0395. The van der Waals surface area contributed by atoms with Gasteiger partial charge in [0, 0.05) is 29.4 Å². The van der Waals surface area contributed by atoms with E-state index < -0.39 is 0 Å². The zero-order chi connectivity index (χ0) is 18.8. The van der Waals surface area contributed by atoms with Gasteiger partial charge in [0.2, 0.25) is 0 Å². The average molecular weight is 379 g/mol. The van der Waals surface area contributed by atoms with E-state index in [2.05, 4.69) is 15.3 Å². The highest BCUT2D eigenvalue weighted by molar-refractivity contribution is 7.12. The summed E-state index contributed by atoms with van der Waals surface area (Å²) in [6.07, 6.45) is 2.71. The molecule has 3 heterocycles. The summed E-state index contributed by atoms with van der Waals surface area (Å²) >= 11 is 1.43. The minimum Gasteiger partial charge on any atom is -0.351 e. The molecule has 4 rings (SSSR count). The van der Waals surface area contributed by atoms with E-state index in [4.69, 9.17) is 0 Å². The van der Waals surface area contributed by atoms with Crippen LogP contribution in [0.15, 0.2) is 54.0 Å². The summed E-state index contributed by atoms with van der Waals surface area (Å²) in [5, 5.41) is 5.83. The van der Waals surface area contributed by atoms with Gasteiger partial charge in [-0.3, -0.25) is 4.79 Å². The molecule has 136 valence electrons. The second-order valence-electron chi connectivity index (χ2n) is 6.31. The molecule has 1 amide bonds. The molecule has 0 unspecified atom stereocenters. The molecule has 0 fully saturated rings. The lowest BCUT2D eigenvalue weighted by Crippen LogP contribution is -2.22. The molecule has 0 saturated carbocycles. The van der Waals surface area contributed by atoms with Gasteiger partial charge in [0.05, 0.1) is 4.88 Å². The van der Waals surface area contributed by atoms with E-state index >= 15 is 0 Å². The summed E-state index contributed by atoms with van der Waals surface area (Å²) in [6, 6.07) is 12.3. The van der Waals surface area contributed by atoms with Crippen molar-refractivity contribution in [3.63, 3.8) is 0 Å². The average Bonchev–Trinajstić information content (AvgIpc) is 3.33. The van der Waals surface area contributed by atoms with Crippen LogP contribution in [0, 0.1) is 5.82 Å². The third-order valence-electron chi connectivity index (χ3n) is 4.32. The third-order valence-corrected chi connectivity index (χ3v) is 5.25. The van der Waals surface area contributed by atoms with Crippen LogP contribution < -0.4 is 5.32 Å². The molecule has 0 atom stereocenters. The van der Waals surface area contributed by atoms with Gasteiger partial charge in [0.25, 0.3) is 5.91 Å². The normalized spacial score (nSPS) is 11.0. The molecule has 27 heavy (non-hydrogen) atoms. The van der Waals surface area contributed by atoms with Crippen molar-refractivity contribution in [2.75, 3.05) is 6.54 Å². The van der Waals surface area contributed by atoms with Gasteiger partial charge in [-0.25, -0.2) is 9.37 Å². The van der Waals surface area contributed by atoms with E-state index in [1.807, 2.05) is 30.5 Å². The Labute approximate surface area is 160 Å². The predicted octanol–water partition coefficient (Wildman–Crippen LogP) is 5.24. The topological polar surface area (TPSA) is 57.8 Å². The SMILES string of the molecule is CCCNC(=O)c1cc(-c2cnc3[nH]c(-c4ccc(F)cc4)cc3c2)cs1. The molecule has 1 aromatic carbocycles. The number of hydrogen-bond acceptors (Lipinski definition) is 3. The van der Waals surface area contributed by atoms with Gasteiger partial charge in [0.1, 0.15) is 11.5 Å². The molecule has 0 spiro atoms. The number of amides is 1. The quantitative estimate of drug-likeness (QED) is 0.498. The molecule has 0 bridgehead atoms. The highest BCUT2D eigenvalue weighted by Gasteiger charge is 2.11. The largest absolute Gasteiger partial charge is 0.351 e. The molecule has 4 nitrogen and oxygen atoms in total. The lowest BCUT2D eigenvalue weighted by molar-refractivity contribution is 0.0957. The van der Waals surface area contributed by atoms with Crippen LogP contribution in [-0.4, -0.2) is 22.4 Å². The van der Waals surface area contributed by atoms with Crippen LogP contribution in [0.4, 0.5) is 4.39 Å². The third kappa shape index (κ3) is 3.61. The molecule has 4 aromatic rings. The number of benzene rings is 1. The maximum Gasteiger partial charge on any atom is 0.261 e. The van der Waals surface area contributed by atoms with Crippen LogP contribution in [0.2, 0.25) is 0 Å². The second-order valence-corrected chi connectivity index (χ2v) is 7.22. The molecule has 0 aliphatic rings. The Balaban J connectivity index is 1.63. The number of carbonyl (C=O) groups excluding carboxylic acids is 1. The first kappa shape index (κ1) is 17.4. The maximum absolute atomic E-state index is 13.1. The number of fused-ring (bicyclic) bond motifs is 1. The van der Waals surface area contributed by atoms with Crippen LogP contribution >= 0.6 is 11.3 Å². The first-order valence-corrected chi connectivity index (χ1v) is 9.64. The van der Waals surface area contributed by atoms with E-state index in [0.29, 0.717) is 11.4 Å². The summed E-state index contributed by atoms with van der Waals surface area (Å²) in [6.45, 7) is 2.70. The lowest BCUT2D eigenvalue weighted by atomic mass is 10.1. The van der Waals surface area contributed by atoms with Crippen LogP contribution in [0.3, 0.4) is 0 Å². The van der Waals surface area contributed by atoms with Gasteiger partial charge in [-0.1, -0.05) is 6.92 Å². The summed E-state index contributed by atoms with van der Waals surface area (Å²) in [7, 11) is 0.